The minimum atomic E-state index is -0.919. The smallest absolute Gasteiger partial charge is 0.248 e. The van der Waals surface area contributed by atoms with E-state index in [0.29, 0.717) is 18.7 Å². The number of hydrogen-bond acceptors (Lipinski definition) is 4. The fourth-order valence-electron chi connectivity index (χ4n) is 4.94. The van der Waals surface area contributed by atoms with Crippen LogP contribution in [0.2, 0.25) is 0 Å². The van der Waals surface area contributed by atoms with Crippen molar-refractivity contribution in [2.75, 3.05) is 18.0 Å². The van der Waals surface area contributed by atoms with Crippen LogP contribution in [0.25, 0.3) is 0 Å². The molecular weight excluding hydrogens is 467 g/mol. The molecule has 4 rings (SSSR count). The van der Waals surface area contributed by atoms with E-state index in [9.17, 15) is 14.0 Å². The summed E-state index contributed by atoms with van der Waals surface area (Å²) in [6.45, 7) is 2.50. The summed E-state index contributed by atoms with van der Waals surface area (Å²) in [4.78, 5) is 33.2. The molecular formula is C30H35FN4O2. The number of halogens is 1. The number of aryl methyl sites for hydroxylation is 1. The lowest BCUT2D eigenvalue weighted by molar-refractivity contribution is -0.127. The normalized spacial score (nSPS) is 14.6. The van der Waals surface area contributed by atoms with E-state index in [1.165, 1.54) is 23.5 Å². The summed E-state index contributed by atoms with van der Waals surface area (Å²) in [6.07, 6.45) is 9.41. The summed E-state index contributed by atoms with van der Waals surface area (Å²) >= 11 is 0. The molecule has 1 atom stereocenters. The van der Waals surface area contributed by atoms with Crippen LogP contribution in [0.1, 0.15) is 54.8 Å². The van der Waals surface area contributed by atoms with Crippen molar-refractivity contribution in [3.8, 4) is 0 Å². The average Bonchev–Trinajstić information content (AvgIpc) is 2.91. The van der Waals surface area contributed by atoms with Crippen LogP contribution < -0.4 is 15.5 Å². The lowest BCUT2D eigenvalue weighted by atomic mass is 9.93. The summed E-state index contributed by atoms with van der Waals surface area (Å²) in [5.74, 6) is -1.01. The van der Waals surface area contributed by atoms with E-state index < -0.39 is 11.9 Å². The monoisotopic (exact) mass is 502 g/mol. The maximum absolute atomic E-state index is 14.3. The van der Waals surface area contributed by atoms with Crippen LogP contribution in [-0.2, 0) is 16.0 Å². The third kappa shape index (κ3) is 7.23. The van der Waals surface area contributed by atoms with Gasteiger partial charge < -0.3 is 10.6 Å². The largest absolute Gasteiger partial charge is 0.351 e. The first-order valence-electron chi connectivity index (χ1n) is 13.1. The molecule has 37 heavy (non-hydrogen) atoms. The molecule has 0 aliphatic heterocycles. The van der Waals surface area contributed by atoms with Gasteiger partial charge in [0.05, 0.1) is 6.54 Å². The molecule has 1 heterocycles. The van der Waals surface area contributed by atoms with Crippen LogP contribution >= 0.6 is 0 Å². The van der Waals surface area contributed by atoms with Crippen molar-refractivity contribution in [2.45, 2.75) is 57.5 Å². The van der Waals surface area contributed by atoms with Crippen molar-refractivity contribution < 1.29 is 14.0 Å². The number of benzene rings is 2. The van der Waals surface area contributed by atoms with Gasteiger partial charge in [-0.1, -0.05) is 55.7 Å². The average molecular weight is 503 g/mol. The van der Waals surface area contributed by atoms with E-state index in [4.69, 9.17) is 0 Å². The molecule has 1 unspecified atom stereocenters. The molecule has 1 saturated carbocycles. The van der Waals surface area contributed by atoms with Gasteiger partial charge in [-0.15, -0.1) is 0 Å². The molecule has 3 aromatic rings. The van der Waals surface area contributed by atoms with E-state index >= 15 is 0 Å². The predicted octanol–water partition coefficient (Wildman–Crippen LogP) is 4.88. The number of rotatable bonds is 10. The molecule has 0 radical (unpaired) electrons. The lowest BCUT2D eigenvalue weighted by Crippen LogP contribution is -2.49. The molecule has 194 valence electrons. The second kappa shape index (κ2) is 13.1. The predicted molar refractivity (Wildman–Crippen MR) is 144 cm³/mol. The van der Waals surface area contributed by atoms with E-state index in [2.05, 4.69) is 15.6 Å². The minimum Gasteiger partial charge on any atom is -0.351 e. The van der Waals surface area contributed by atoms with E-state index in [1.807, 2.05) is 43.3 Å². The Morgan fingerprint density at radius 2 is 1.86 bits per heavy atom. The fourth-order valence-corrected chi connectivity index (χ4v) is 4.94. The summed E-state index contributed by atoms with van der Waals surface area (Å²) in [5, 5.41) is 6.39. The second-order valence-corrected chi connectivity index (χ2v) is 9.63. The molecule has 7 heteroatoms. The van der Waals surface area contributed by atoms with Crippen molar-refractivity contribution in [2.24, 2.45) is 0 Å². The number of carbonyl (C=O) groups is 2. The molecule has 2 amide bonds. The van der Waals surface area contributed by atoms with Crippen LogP contribution in [0.4, 0.5) is 10.1 Å². The zero-order valence-electron chi connectivity index (χ0n) is 21.3. The topological polar surface area (TPSA) is 74.3 Å². The van der Waals surface area contributed by atoms with Gasteiger partial charge in [-0.2, -0.15) is 0 Å². The number of pyridine rings is 1. The Morgan fingerprint density at radius 3 is 2.59 bits per heavy atom. The number of aromatic nitrogens is 1. The highest BCUT2D eigenvalue weighted by Gasteiger charge is 2.34. The highest BCUT2D eigenvalue weighted by atomic mass is 19.1. The Morgan fingerprint density at radius 1 is 1.05 bits per heavy atom. The van der Waals surface area contributed by atoms with Gasteiger partial charge in [0.15, 0.2) is 0 Å². The Balaban J connectivity index is 1.61. The summed E-state index contributed by atoms with van der Waals surface area (Å²) in [5.41, 5.74) is 3.04. The first-order chi connectivity index (χ1) is 18.0. The highest BCUT2D eigenvalue weighted by Crippen LogP contribution is 2.31. The number of nitrogens with zero attached hydrogens (tertiary/aromatic N) is 2. The zero-order valence-corrected chi connectivity index (χ0v) is 21.3. The number of carbonyl (C=O) groups excluding carboxylic acids is 2. The quantitative estimate of drug-likeness (QED) is 0.388. The van der Waals surface area contributed by atoms with Crippen LogP contribution in [-0.4, -0.2) is 35.9 Å². The fraction of sp³-hybridized carbons (Fsp3) is 0.367. The summed E-state index contributed by atoms with van der Waals surface area (Å²) in [6, 6.07) is 16.5. The molecule has 1 aromatic heterocycles. The van der Waals surface area contributed by atoms with Crippen LogP contribution in [0, 0.1) is 12.7 Å². The van der Waals surface area contributed by atoms with Gasteiger partial charge in [-0.05, 0) is 73.7 Å². The summed E-state index contributed by atoms with van der Waals surface area (Å²) in [7, 11) is 0. The van der Waals surface area contributed by atoms with Gasteiger partial charge in [0.25, 0.3) is 0 Å². The molecule has 1 fully saturated rings. The Kier molecular flexibility index (Phi) is 9.38. The number of nitrogens with one attached hydrogen (secondary N) is 2. The Bertz CT molecular complexity index is 1180. The van der Waals surface area contributed by atoms with Crippen molar-refractivity contribution in [1.29, 1.82) is 0 Å². The van der Waals surface area contributed by atoms with Crippen LogP contribution in [0.5, 0.6) is 0 Å². The molecule has 1 aliphatic rings. The molecule has 2 N–H and O–H groups in total. The lowest BCUT2D eigenvalue weighted by Gasteiger charge is -2.34. The van der Waals surface area contributed by atoms with E-state index in [1.54, 1.807) is 24.5 Å². The van der Waals surface area contributed by atoms with Gasteiger partial charge in [0.2, 0.25) is 11.8 Å². The second-order valence-electron chi connectivity index (χ2n) is 9.63. The minimum absolute atomic E-state index is 0.00979. The molecule has 2 aromatic carbocycles. The third-order valence-corrected chi connectivity index (χ3v) is 6.89. The Hall–Kier alpha value is -3.58. The van der Waals surface area contributed by atoms with Gasteiger partial charge in [0.1, 0.15) is 11.9 Å². The molecule has 0 spiro atoms. The van der Waals surface area contributed by atoms with E-state index in [-0.39, 0.29) is 24.4 Å². The standard InChI is InChI=1S/C30H35FN4O2/c1-22-9-5-6-15-27(22)29(30(37)34-25-12-3-2-4-13-25)35(26-14-7-11-24(31)19-26)28(36)21-33-18-16-23-10-8-17-32-20-23/h5-11,14-15,17,19-20,25,29,33H,2-4,12-13,16,18,21H2,1H3,(H,34,37). The molecule has 0 bridgehead atoms. The van der Waals surface area contributed by atoms with Crippen molar-refractivity contribution >= 4 is 17.5 Å². The van der Waals surface area contributed by atoms with E-state index in [0.717, 1.165) is 42.4 Å². The van der Waals surface area contributed by atoms with Gasteiger partial charge in [-0.3, -0.25) is 19.5 Å². The molecule has 1 aliphatic carbocycles. The zero-order chi connectivity index (χ0) is 26.0. The SMILES string of the molecule is Cc1ccccc1C(C(=O)NC1CCCCC1)N(C(=O)CNCCc1cccnc1)c1cccc(F)c1. The van der Waals surface area contributed by atoms with Crippen LogP contribution in [0.15, 0.2) is 73.1 Å². The third-order valence-electron chi connectivity index (χ3n) is 6.89. The first-order valence-corrected chi connectivity index (χ1v) is 13.1. The van der Waals surface area contributed by atoms with Gasteiger partial charge >= 0.3 is 0 Å². The van der Waals surface area contributed by atoms with Gasteiger partial charge in [0, 0.05) is 24.1 Å². The number of hydrogen-bond donors (Lipinski definition) is 2. The van der Waals surface area contributed by atoms with Crippen LogP contribution in [0.3, 0.4) is 0 Å². The number of anilines is 1. The first kappa shape index (κ1) is 26.5. The molecule has 0 saturated heterocycles. The number of amides is 2. The van der Waals surface area contributed by atoms with Crippen molar-refractivity contribution in [1.82, 2.24) is 15.6 Å². The summed E-state index contributed by atoms with van der Waals surface area (Å²) < 4.78 is 14.3. The van der Waals surface area contributed by atoms with Crippen molar-refractivity contribution in [3.05, 3.63) is 95.6 Å². The maximum Gasteiger partial charge on any atom is 0.248 e. The van der Waals surface area contributed by atoms with Gasteiger partial charge in [-0.25, -0.2) is 4.39 Å². The Labute approximate surface area is 218 Å². The highest BCUT2D eigenvalue weighted by molar-refractivity contribution is 6.02. The van der Waals surface area contributed by atoms with Crippen molar-refractivity contribution in [3.63, 3.8) is 0 Å². The molecule has 6 nitrogen and oxygen atoms in total. The maximum atomic E-state index is 14.3.